The first-order valence-corrected chi connectivity index (χ1v) is 2.60. The number of hydrogen-bond donors (Lipinski definition) is 1. The maximum atomic E-state index is 10.6. The smallest absolute Gasteiger partial charge is 0.331 e. The second-order valence-electron chi connectivity index (χ2n) is 1.68. The van der Waals surface area contributed by atoms with Crippen LogP contribution in [-0.2, 0) is 9.53 Å². The molecule has 9 heavy (non-hydrogen) atoms. The predicted octanol–water partition coefficient (Wildman–Crippen LogP) is -0.0596. The molecule has 1 heterocycles. The van der Waals surface area contributed by atoms with Crippen molar-refractivity contribution in [3.63, 3.8) is 0 Å². The molecule has 1 unspecified atom stereocenters. The number of carbonyl (C=O) groups excluding carboxylic acids is 1. The molecule has 3 heteroatoms. The van der Waals surface area contributed by atoms with Gasteiger partial charge >= 0.3 is 5.97 Å². The van der Waals surface area contributed by atoms with Crippen LogP contribution in [0.15, 0.2) is 24.5 Å². The van der Waals surface area contributed by atoms with E-state index in [1.807, 2.05) is 0 Å². The Bertz CT molecular complexity index is 172. The molecule has 0 aromatic carbocycles. The number of cyclic esters (lactones) is 1. The van der Waals surface area contributed by atoms with E-state index in [1.54, 1.807) is 18.2 Å². The number of carbonyl (C=O) groups is 1. The number of esters is 1. The lowest BCUT2D eigenvalue weighted by atomic mass is 10.3. The molecule has 0 aromatic heterocycles. The minimum absolute atomic E-state index is 0.417. The zero-order valence-corrected chi connectivity index (χ0v) is 4.78. The van der Waals surface area contributed by atoms with Gasteiger partial charge in [-0.15, -0.1) is 0 Å². The SMILES string of the molecule is NC1C=CC=COC1=O. The van der Waals surface area contributed by atoms with Crippen LogP contribution in [0.3, 0.4) is 0 Å². The molecule has 0 radical (unpaired) electrons. The molecule has 3 nitrogen and oxygen atoms in total. The molecule has 2 N–H and O–H groups in total. The van der Waals surface area contributed by atoms with E-state index in [4.69, 9.17) is 5.73 Å². The van der Waals surface area contributed by atoms with Gasteiger partial charge in [-0.1, -0.05) is 12.2 Å². The Morgan fingerprint density at radius 1 is 1.56 bits per heavy atom. The largest absolute Gasteiger partial charge is 0.433 e. The van der Waals surface area contributed by atoms with E-state index >= 15 is 0 Å². The van der Waals surface area contributed by atoms with Gasteiger partial charge in [0.05, 0.1) is 6.26 Å². The molecule has 0 fully saturated rings. The van der Waals surface area contributed by atoms with E-state index < -0.39 is 12.0 Å². The molecule has 0 bridgehead atoms. The minimum Gasteiger partial charge on any atom is -0.433 e. The van der Waals surface area contributed by atoms with Gasteiger partial charge in [-0.05, 0) is 6.08 Å². The van der Waals surface area contributed by atoms with Gasteiger partial charge in [0.15, 0.2) is 0 Å². The van der Waals surface area contributed by atoms with E-state index in [0.717, 1.165) is 0 Å². The van der Waals surface area contributed by atoms with Gasteiger partial charge in [-0.2, -0.15) is 0 Å². The Kier molecular flexibility index (Phi) is 1.65. The van der Waals surface area contributed by atoms with Crippen LogP contribution < -0.4 is 5.73 Å². The molecule has 1 aliphatic heterocycles. The van der Waals surface area contributed by atoms with E-state index in [1.165, 1.54) is 6.26 Å². The van der Waals surface area contributed by atoms with Crippen LogP contribution in [-0.4, -0.2) is 12.0 Å². The summed E-state index contributed by atoms with van der Waals surface area (Å²) in [7, 11) is 0. The molecule has 0 saturated heterocycles. The van der Waals surface area contributed by atoms with Crippen LogP contribution in [0, 0.1) is 0 Å². The maximum Gasteiger partial charge on any atom is 0.331 e. The Morgan fingerprint density at radius 2 is 2.33 bits per heavy atom. The highest BCUT2D eigenvalue weighted by atomic mass is 16.5. The fourth-order valence-electron chi connectivity index (χ4n) is 0.493. The second kappa shape index (κ2) is 2.46. The first-order valence-electron chi connectivity index (χ1n) is 2.60. The van der Waals surface area contributed by atoms with Crippen LogP contribution in [0.4, 0.5) is 0 Å². The molecule has 0 spiro atoms. The summed E-state index contributed by atoms with van der Waals surface area (Å²) < 4.78 is 4.51. The van der Waals surface area contributed by atoms with E-state index in [2.05, 4.69) is 4.74 Å². The summed E-state index contributed by atoms with van der Waals surface area (Å²) in [6.45, 7) is 0. The van der Waals surface area contributed by atoms with E-state index in [0.29, 0.717) is 0 Å². The van der Waals surface area contributed by atoms with Gasteiger partial charge in [0.25, 0.3) is 0 Å². The molecule has 1 rings (SSSR count). The first-order chi connectivity index (χ1) is 4.30. The number of hydrogen-bond acceptors (Lipinski definition) is 3. The summed E-state index contributed by atoms with van der Waals surface area (Å²) in [6.07, 6.45) is 6.18. The number of nitrogens with two attached hydrogens (primary N) is 1. The minimum atomic E-state index is -0.611. The molecule has 0 aliphatic carbocycles. The van der Waals surface area contributed by atoms with Crippen molar-refractivity contribution in [2.45, 2.75) is 6.04 Å². The third-order valence-electron chi connectivity index (χ3n) is 0.964. The Hall–Kier alpha value is -1.09. The van der Waals surface area contributed by atoms with Crippen molar-refractivity contribution in [1.82, 2.24) is 0 Å². The van der Waals surface area contributed by atoms with Crippen LogP contribution in [0.2, 0.25) is 0 Å². The topological polar surface area (TPSA) is 52.3 Å². The molecule has 1 aliphatic rings. The van der Waals surface area contributed by atoms with Crippen molar-refractivity contribution in [2.75, 3.05) is 0 Å². The zero-order chi connectivity index (χ0) is 6.69. The summed E-state index contributed by atoms with van der Waals surface area (Å²) in [5, 5.41) is 0. The van der Waals surface area contributed by atoms with Crippen LogP contribution in [0.5, 0.6) is 0 Å². The Balaban J connectivity index is 2.69. The Morgan fingerprint density at radius 3 is 3.11 bits per heavy atom. The van der Waals surface area contributed by atoms with Crippen LogP contribution >= 0.6 is 0 Å². The van der Waals surface area contributed by atoms with Crippen LogP contribution in [0.25, 0.3) is 0 Å². The quantitative estimate of drug-likeness (QED) is 0.461. The summed E-state index contributed by atoms with van der Waals surface area (Å²) in [5.74, 6) is -0.417. The molecule has 0 aromatic rings. The van der Waals surface area contributed by atoms with E-state index in [9.17, 15) is 4.79 Å². The molecule has 48 valence electrons. The van der Waals surface area contributed by atoms with Gasteiger partial charge < -0.3 is 10.5 Å². The van der Waals surface area contributed by atoms with E-state index in [-0.39, 0.29) is 0 Å². The number of ether oxygens (including phenoxy) is 1. The molecular formula is C6H7NO2. The lowest BCUT2D eigenvalue weighted by Gasteiger charge is -1.99. The monoisotopic (exact) mass is 125 g/mol. The van der Waals surface area contributed by atoms with Crippen molar-refractivity contribution in [2.24, 2.45) is 5.73 Å². The fourth-order valence-corrected chi connectivity index (χ4v) is 0.493. The third kappa shape index (κ3) is 1.40. The molecule has 1 atom stereocenters. The average Bonchev–Trinajstić information content (AvgIpc) is 1.99. The molecular weight excluding hydrogens is 118 g/mol. The van der Waals surface area contributed by atoms with Gasteiger partial charge in [-0.3, -0.25) is 0 Å². The highest BCUT2D eigenvalue weighted by Gasteiger charge is 2.10. The zero-order valence-electron chi connectivity index (χ0n) is 4.78. The average molecular weight is 125 g/mol. The summed E-state index contributed by atoms with van der Waals surface area (Å²) in [6, 6.07) is -0.611. The van der Waals surface area contributed by atoms with Crippen LogP contribution in [0.1, 0.15) is 0 Å². The normalized spacial score (nSPS) is 25.4. The van der Waals surface area contributed by atoms with Gasteiger partial charge in [0.1, 0.15) is 6.04 Å². The first kappa shape index (κ1) is 6.04. The highest BCUT2D eigenvalue weighted by Crippen LogP contribution is 1.94. The summed E-state index contributed by atoms with van der Waals surface area (Å²) in [4.78, 5) is 10.6. The summed E-state index contributed by atoms with van der Waals surface area (Å²) in [5.41, 5.74) is 5.28. The lowest BCUT2D eigenvalue weighted by Crippen LogP contribution is -2.28. The lowest BCUT2D eigenvalue weighted by molar-refractivity contribution is -0.138. The second-order valence-corrected chi connectivity index (χ2v) is 1.68. The van der Waals surface area contributed by atoms with Crippen molar-refractivity contribution in [3.05, 3.63) is 24.5 Å². The van der Waals surface area contributed by atoms with Crippen molar-refractivity contribution < 1.29 is 9.53 Å². The fraction of sp³-hybridized carbons (Fsp3) is 0.167. The van der Waals surface area contributed by atoms with Crippen molar-refractivity contribution in [1.29, 1.82) is 0 Å². The van der Waals surface area contributed by atoms with Crippen molar-refractivity contribution in [3.8, 4) is 0 Å². The highest BCUT2D eigenvalue weighted by molar-refractivity contribution is 5.78. The predicted molar refractivity (Wildman–Crippen MR) is 32.3 cm³/mol. The standard InChI is InChI=1S/C6H7NO2/c7-5-3-1-2-4-9-6(5)8/h1-5H,7H2. The summed E-state index contributed by atoms with van der Waals surface area (Å²) >= 11 is 0. The van der Waals surface area contributed by atoms with Gasteiger partial charge in [0, 0.05) is 0 Å². The number of allylic oxidation sites excluding steroid dienone is 2. The third-order valence-corrected chi connectivity index (χ3v) is 0.964. The molecule has 0 amide bonds. The Labute approximate surface area is 52.8 Å². The number of rotatable bonds is 0. The van der Waals surface area contributed by atoms with Gasteiger partial charge in [-0.25, -0.2) is 4.79 Å². The van der Waals surface area contributed by atoms with Gasteiger partial charge in [0.2, 0.25) is 0 Å². The van der Waals surface area contributed by atoms with Crippen molar-refractivity contribution >= 4 is 5.97 Å². The maximum absolute atomic E-state index is 10.6. The molecule has 0 saturated carbocycles.